The van der Waals surface area contributed by atoms with E-state index < -0.39 is 0 Å². The van der Waals surface area contributed by atoms with Crippen molar-refractivity contribution in [2.45, 2.75) is 6.92 Å². The van der Waals surface area contributed by atoms with E-state index >= 15 is 0 Å². The van der Waals surface area contributed by atoms with Crippen LogP contribution < -0.4 is 4.74 Å². The number of nitrogens with zero attached hydrogens (tertiary/aromatic N) is 2. The van der Waals surface area contributed by atoms with Crippen molar-refractivity contribution < 1.29 is 4.74 Å². The zero-order valence-electron chi connectivity index (χ0n) is 10.1. The van der Waals surface area contributed by atoms with Crippen LogP contribution in [0, 0.1) is 0 Å². The molecule has 0 aliphatic rings. The van der Waals surface area contributed by atoms with Crippen molar-refractivity contribution in [3.05, 3.63) is 48.3 Å². The highest BCUT2D eigenvalue weighted by Gasteiger charge is 1.99. The Balaban J connectivity index is 2.24. The van der Waals surface area contributed by atoms with Gasteiger partial charge in [-0.05, 0) is 31.2 Å². The molecule has 1 aromatic heterocycles. The summed E-state index contributed by atoms with van der Waals surface area (Å²) in [5, 5.41) is 0. The number of benzene rings is 1. The van der Waals surface area contributed by atoms with Crippen LogP contribution in [0.25, 0.3) is 0 Å². The summed E-state index contributed by atoms with van der Waals surface area (Å²) in [5.41, 5.74) is 1.92. The predicted molar refractivity (Wildman–Crippen MR) is 70.3 cm³/mol. The van der Waals surface area contributed by atoms with Crippen LogP contribution >= 0.6 is 0 Å². The number of aromatic nitrogens is 1. The van der Waals surface area contributed by atoms with Crippen LogP contribution in [0.4, 0.5) is 5.69 Å². The van der Waals surface area contributed by atoms with E-state index in [1.165, 1.54) is 0 Å². The Kier molecular flexibility index (Phi) is 3.60. The van der Waals surface area contributed by atoms with Gasteiger partial charge in [0.25, 0.3) is 0 Å². The van der Waals surface area contributed by atoms with Crippen LogP contribution in [0.3, 0.4) is 0 Å². The van der Waals surface area contributed by atoms with Crippen molar-refractivity contribution >= 4 is 11.9 Å². The summed E-state index contributed by atoms with van der Waals surface area (Å²) in [7, 11) is 2.00. The fourth-order valence-electron chi connectivity index (χ4n) is 1.59. The van der Waals surface area contributed by atoms with Crippen molar-refractivity contribution in [1.82, 2.24) is 4.57 Å². The number of para-hydroxylation sites is 2. The van der Waals surface area contributed by atoms with Gasteiger partial charge in [-0.15, -0.1) is 0 Å². The number of rotatable bonds is 4. The SMILES string of the molecule is CCOc1ccccc1N=Cc1cccn1C. The fourth-order valence-corrected chi connectivity index (χ4v) is 1.59. The molecule has 1 aromatic carbocycles. The van der Waals surface area contributed by atoms with Crippen molar-refractivity contribution in [2.24, 2.45) is 12.0 Å². The molecule has 0 aliphatic carbocycles. The first kappa shape index (κ1) is 11.5. The molecule has 2 aromatic rings. The molecule has 88 valence electrons. The van der Waals surface area contributed by atoms with Gasteiger partial charge in [-0.1, -0.05) is 12.1 Å². The Hall–Kier alpha value is -2.03. The lowest BCUT2D eigenvalue weighted by atomic mass is 10.3. The van der Waals surface area contributed by atoms with E-state index in [-0.39, 0.29) is 0 Å². The van der Waals surface area contributed by atoms with Gasteiger partial charge >= 0.3 is 0 Å². The second-order valence-electron chi connectivity index (χ2n) is 3.70. The molecule has 2 rings (SSSR count). The lowest BCUT2D eigenvalue weighted by Crippen LogP contribution is -1.93. The molecule has 0 saturated heterocycles. The molecule has 0 spiro atoms. The third-order valence-electron chi connectivity index (χ3n) is 2.48. The third-order valence-corrected chi connectivity index (χ3v) is 2.48. The van der Waals surface area contributed by atoms with E-state index in [1.807, 2.05) is 67.3 Å². The molecule has 0 aliphatic heterocycles. The Labute approximate surface area is 101 Å². The van der Waals surface area contributed by atoms with Gasteiger partial charge in [0.05, 0.1) is 18.5 Å². The third kappa shape index (κ3) is 2.75. The topological polar surface area (TPSA) is 26.5 Å². The van der Waals surface area contributed by atoms with E-state index in [4.69, 9.17) is 4.74 Å². The molecule has 0 atom stereocenters. The molecule has 0 bridgehead atoms. The lowest BCUT2D eigenvalue weighted by Gasteiger charge is -2.05. The van der Waals surface area contributed by atoms with Crippen LogP contribution in [0.5, 0.6) is 5.75 Å². The van der Waals surface area contributed by atoms with Crippen molar-refractivity contribution in [3.8, 4) is 5.75 Å². The molecular weight excluding hydrogens is 212 g/mol. The first-order valence-corrected chi connectivity index (χ1v) is 5.68. The normalized spacial score (nSPS) is 10.9. The second-order valence-corrected chi connectivity index (χ2v) is 3.70. The zero-order chi connectivity index (χ0) is 12.1. The van der Waals surface area contributed by atoms with Crippen LogP contribution in [0.2, 0.25) is 0 Å². The summed E-state index contributed by atoms with van der Waals surface area (Å²) in [6.45, 7) is 2.62. The summed E-state index contributed by atoms with van der Waals surface area (Å²) in [6, 6.07) is 11.8. The maximum atomic E-state index is 5.52. The molecule has 3 heteroatoms. The minimum Gasteiger partial charge on any atom is -0.492 e. The second kappa shape index (κ2) is 5.34. The fraction of sp³-hybridized carbons (Fsp3) is 0.214. The number of ether oxygens (including phenoxy) is 1. The lowest BCUT2D eigenvalue weighted by molar-refractivity contribution is 0.341. The quantitative estimate of drug-likeness (QED) is 0.738. The van der Waals surface area contributed by atoms with Gasteiger partial charge in [0.1, 0.15) is 11.4 Å². The van der Waals surface area contributed by atoms with E-state index in [9.17, 15) is 0 Å². The smallest absolute Gasteiger partial charge is 0.144 e. The molecule has 0 unspecified atom stereocenters. The Morgan fingerprint density at radius 3 is 2.76 bits per heavy atom. The molecular formula is C14H16N2O. The van der Waals surface area contributed by atoms with Crippen LogP contribution in [0.15, 0.2) is 47.6 Å². The standard InChI is InChI=1S/C14H16N2O/c1-3-17-14-9-5-4-8-13(14)15-11-12-7-6-10-16(12)2/h4-11H,3H2,1-2H3. The first-order chi connectivity index (χ1) is 8.31. The maximum absolute atomic E-state index is 5.52. The average molecular weight is 228 g/mol. The molecule has 3 nitrogen and oxygen atoms in total. The minimum absolute atomic E-state index is 0.649. The van der Waals surface area contributed by atoms with Gasteiger partial charge in [0.15, 0.2) is 0 Å². The highest BCUT2D eigenvalue weighted by atomic mass is 16.5. The summed E-state index contributed by atoms with van der Waals surface area (Å²) >= 11 is 0. The molecule has 0 amide bonds. The highest BCUT2D eigenvalue weighted by molar-refractivity contribution is 5.80. The van der Waals surface area contributed by atoms with E-state index in [1.54, 1.807) is 0 Å². The number of aryl methyl sites for hydroxylation is 1. The van der Waals surface area contributed by atoms with Crippen molar-refractivity contribution in [2.75, 3.05) is 6.61 Å². The Bertz CT molecular complexity index is 514. The average Bonchev–Trinajstić information content (AvgIpc) is 2.74. The predicted octanol–water partition coefficient (Wildman–Crippen LogP) is 3.17. The monoisotopic (exact) mass is 228 g/mol. The molecule has 0 radical (unpaired) electrons. The summed E-state index contributed by atoms with van der Waals surface area (Å²) in [4.78, 5) is 4.46. The van der Waals surface area contributed by atoms with Crippen LogP contribution in [-0.2, 0) is 7.05 Å². The Morgan fingerprint density at radius 1 is 1.24 bits per heavy atom. The zero-order valence-corrected chi connectivity index (χ0v) is 10.1. The summed E-state index contributed by atoms with van der Waals surface area (Å²) in [6.07, 6.45) is 3.84. The van der Waals surface area contributed by atoms with Gasteiger partial charge in [-0.25, -0.2) is 0 Å². The molecule has 0 fully saturated rings. The van der Waals surface area contributed by atoms with Crippen LogP contribution in [0.1, 0.15) is 12.6 Å². The van der Waals surface area contributed by atoms with E-state index in [0.717, 1.165) is 17.1 Å². The minimum atomic E-state index is 0.649. The van der Waals surface area contributed by atoms with Gasteiger partial charge in [-0.2, -0.15) is 0 Å². The van der Waals surface area contributed by atoms with Crippen molar-refractivity contribution in [1.29, 1.82) is 0 Å². The van der Waals surface area contributed by atoms with E-state index in [0.29, 0.717) is 6.61 Å². The Morgan fingerprint density at radius 2 is 2.06 bits per heavy atom. The van der Waals surface area contributed by atoms with E-state index in [2.05, 4.69) is 4.99 Å². The molecule has 0 N–H and O–H groups in total. The van der Waals surface area contributed by atoms with Gasteiger partial charge in [0.2, 0.25) is 0 Å². The molecule has 1 heterocycles. The summed E-state index contributed by atoms with van der Waals surface area (Å²) in [5.74, 6) is 0.820. The van der Waals surface area contributed by atoms with Gasteiger partial charge in [-0.3, -0.25) is 4.99 Å². The van der Waals surface area contributed by atoms with Crippen LogP contribution in [-0.4, -0.2) is 17.4 Å². The first-order valence-electron chi connectivity index (χ1n) is 5.68. The number of hydrogen-bond donors (Lipinski definition) is 0. The number of aliphatic imine (C=N–C) groups is 1. The molecule has 0 saturated carbocycles. The summed E-state index contributed by atoms with van der Waals surface area (Å²) < 4.78 is 7.54. The van der Waals surface area contributed by atoms with Gasteiger partial charge < -0.3 is 9.30 Å². The maximum Gasteiger partial charge on any atom is 0.144 e. The van der Waals surface area contributed by atoms with Crippen molar-refractivity contribution in [3.63, 3.8) is 0 Å². The largest absolute Gasteiger partial charge is 0.492 e. The number of hydrogen-bond acceptors (Lipinski definition) is 2. The van der Waals surface area contributed by atoms with Gasteiger partial charge in [0, 0.05) is 13.2 Å². The highest BCUT2D eigenvalue weighted by Crippen LogP contribution is 2.26. The molecule has 17 heavy (non-hydrogen) atoms.